The highest BCUT2D eigenvalue weighted by molar-refractivity contribution is 5.80. The lowest BCUT2D eigenvalue weighted by atomic mass is 9.70. The Morgan fingerprint density at radius 1 is 1.26 bits per heavy atom. The molecule has 1 saturated heterocycles. The van der Waals surface area contributed by atoms with Gasteiger partial charge in [0.1, 0.15) is 6.10 Å². The van der Waals surface area contributed by atoms with E-state index >= 15 is 0 Å². The Morgan fingerprint density at radius 3 is 2.59 bits per heavy atom. The van der Waals surface area contributed by atoms with E-state index in [1.54, 1.807) is 19.0 Å². The molecule has 1 amide bonds. The Kier molecular flexibility index (Phi) is 4.63. The van der Waals surface area contributed by atoms with Gasteiger partial charge in [-0.2, -0.15) is 0 Å². The molecule has 3 fully saturated rings. The number of rotatable bonds is 5. The van der Waals surface area contributed by atoms with Crippen LogP contribution in [-0.2, 0) is 20.7 Å². The standard InChI is InChI=1S/C23H33NO3/c1-22(2)17-11-12-23(22,3)20-16(17)14-19(27-20)26-18(21(25)24(4)5)13-15-9-7-6-8-10-15/h6-10,16-20H,11-14H2,1-5H3/t16-,17-,18-,19-,20-,23+/m1/s1. The van der Waals surface area contributed by atoms with Crippen LogP contribution in [-0.4, -0.2) is 43.4 Å². The van der Waals surface area contributed by atoms with Crippen LogP contribution in [0, 0.1) is 22.7 Å². The summed E-state index contributed by atoms with van der Waals surface area (Å²) < 4.78 is 12.8. The van der Waals surface area contributed by atoms with Gasteiger partial charge in [-0.3, -0.25) is 4.79 Å². The van der Waals surface area contributed by atoms with Gasteiger partial charge in [-0.05, 0) is 41.1 Å². The van der Waals surface area contributed by atoms with Crippen LogP contribution < -0.4 is 0 Å². The van der Waals surface area contributed by atoms with Gasteiger partial charge < -0.3 is 14.4 Å². The minimum Gasteiger partial charge on any atom is -0.349 e. The molecule has 0 radical (unpaired) electrons. The van der Waals surface area contributed by atoms with Crippen LogP contribution in [0.15, 0.2) is 30.3 Å². The molecule has 0 N–H and O–H groups in total. The van der Waals surface area contributed by atoms with Crippen LogP contribution in [0.5, 0.6) is 0 Å². The number of benzene rings is 1. The molecule has 1 heterocycles. The van der Waals surface area contributed by atoms with E-state index in [0.29, 0.717) is 23.7 Å². The van der Waals surface area contributed by atoms with Gasteiger partial charge in [0.05, 0.1) is 6.10 Å². The molecule has 27 heavy (non-hydrogen) atoms. The highest BCUT2D eigenvalue weighted by atomic mass is 16.7. The molecule has 0 spiro atoms. The molecule has 148 valence electrons. The first kappa shape index (κ1) is 18.9. The van der Waals surface area contributed by atoms with Gasteiger partial charge in [0.2, 0.25) is 0 Å². The van der Waals surface area contributed by atoms with Gasteiger partial charge in [0, 0.05) is 26.9 Å². The maximum absolute atomic E-state index is 12.7. The Balaban J connectivity index is 1.48. The summed E-state index contributed by atoms with van der Waals surface area (Å²) in [6.45, 7) is 7.22. The fourth-order valence-corrected chi connectivity index (χ4v) is 6.06. The summed E-state index contributed by atoms with van der Waals surface area (Å²) in [5, 5.41) is 0. The highest BCUT2D eigenvalue weighted by Gasteiger charge is 2.69. The lowest BCUT2D eigenvalue weighted by molar-refractivity contribution is -0.193. The van der Waals surface area contributed by atoms with Crippen molar-refractivity contribution in [2.45, 2.75) is 65.0 Å². The second kappa shape index (κ2) is 6.59. The molecule has 4 heteroatoms. The molecular formula is C23H33NO3. The first-order chi connectivity index (χ1) is 12.7. The van der Waals surface area contributed by atoms with Gasteiger partial charge in [0.15, 0.2) is 6.29 Å². The van der Waals surface area contributed by atoms with E-state index in [9.17, 15) is 4.79 Å². The van der Waals surface area contributed by atoms with Crippen molar-refractivity contribution in [3.63, 3.8) is 0 Å². The minimum atomic E-state index is -0.496. The molecule has 1 aromatic carbocycles. The van der Waals surface area contributed by atoms with Crippen molar-refractivity contribution in [3.05, 3.63) is 35.9 Å². The maximum atomic E-state index is 12.7. The fraction of sp³-hybridized carbons (Fsp3) is 0.696. The molecule has 4 nitrogen and oxygen atoms in total. The summed E-state index contributed by atoms with van der Waals surface area (Å²) in [5.74, 6) is 1.28. The monoisotopic (exact) mass is 371 g/mol. The largest absolute Gasteiger partial charge is 0.349 e. The van der Waals surface area contributed by atoms with Crippen LogP contribution in [0.1, 0.15) is 45.6 Å². The van der Waals surface area contributed by atoms with Gasteiger partial charge in [-0.1, -0.05) is 51.1 Å². The molecule has 6 atom stereocenters. The second-order valence-electron chi connectivity index (χ2n) is 9.72. The number of amides is 1. The van der Waals surface area contributed by atoms with E-state index in [4.69, 9.17) is 9.47 Å². The van der Waals surface area contributed by atoms with E-state index in [0.717, 1.165) is 12.0 Å². The average Bonchev–Trinajstić information content (AvgIpc) is 3.19. The second-order valence-corrected chi connectivity index (χ2v) is 9.72. The Bertz CT molecular complexity index is 701. The number of fused-ring (bicyclic) bond motifs is 5. The van der Waals surface area contributed by atoms with E-state index in [-0.39, 0.29) is 23.7 Å². The minimum absolute atomic E-state index is 0.00836. The molecule has 0 aromatic heterocycles. The van der Waals surface area contributed by atoms with Crippen molar-refractivity contribution in [1.29, 1.82) is 0 Å². The van der Waals surface area contributed by atoms with Crippen molar-refractivity contribution >= 4 is 5.91 Å². The van der Waals surface area contributed by atoms with E-state index in [1.807, 2.05) is 30.3 Å². The van der Waals surface area contributed by atoms with Gasteiger partial charge in [-0.25, -0.2) is 0 Å². The summed E-state index contributed by atoms with van der Waals surface area (Å²) in [6, 6.07) is 10.1. The molecule has 3 aliphatic rings. The number of likely N-dealkylation sites (N-methyl/N-ethyl adjacent to an activating group) is 1. The third kappa shape index (κ3) is 2.92. The van der Waals surface area contributed by atoms with Crippen molar-refractivity contribution in [3.8, 4) is 0 Å². The molecule has 2 aliphatic carbocycles. The molecular weight excluding hydrogens is 338 g/mol. The number of carbonyl (C=O) groups excluding carboxylic acids is 1. The molecule has 2 saturated carbocycles. The molecule has 1 aliphatic heterocycles. The topological polar surface area (TPSA) is 38.8 Å². The smallest absolute Gasteiger partial charge is 0.251 e. The number of hydrogen-bond acceptors (Lipinski definition) is 3. The van der Waals surface area contributed by atoms with E-state index in [2.05, 4.69) is 20.8 Å². The summed E-state index contributed by atoms with van der Waals surface area (Å²) >= 11 is 0. The lowest BCUT2D eigenvalue weighted by Crippen LogP contribution is -2.41. The summed E-state index contributed by atoms with van der Waals surface area (Å²) in [7, 11) is 3.58. The van der Waals surface area contributed by atoms with Crippen molar-refractivity contribution < 1.29 is 14.3 Å². The predicted molar refractivity (Wildman–Crippen MR) is 105 cm³/mol. The normalized spacial score (nSPS) is 37.2. The zero-order chi connectivity index (χ0) is 19.4. The van der Waals surface area contributed by atoms with Gasteiger partial charge >= 0.3 is 0 Å². The molecule has 2 bridgehead atoms. The highest BCUT2D eigenvalue weighted by Crippen LogP contribution is 2.71. The first-order valence-corrected chi connectivity index (χ1v) is 10.3. The Labute approximate surface area is 163 Å². The molecule has 4 rings (SSSR count). The van der Waals surface area contributed by atoms with Crippen molar-refractivity contribution in [1.82, 2.24) is 4.90 Å². The molecule has 0 unspecified atom stereocenters. The van der Waals surface area contributed by atoms with Crippen LogP contribution in [0.2, 0.25) is 0 Å². The quantitative estimate of drug-likeness (QED) is 0.788. The number of ether oxygens (including phenoxy) is 2. The SMILES string of the molecule is CN(C)C(=O)[C@@H](Cc1ccccc1)O[C@H]1C[C@@H]2[C@H]3CC[C@@](C)([C@@H]2O1)C3(C)C. The summed E-state index contributed by atoms with van der Waals surface area (Å²) in [4.78, 5) is 14.4. The van der Waals surface area contributed by atoms with Crippen molar-refractivity contribution in [2.24, 2.45) is 22.7 Å². The van der Waals surface area contributed by atoms with Gasteiger partial charge in [-0.15, -0.1) is 0 Å². The zero-order valence-corrected chi connectivity index (χ0v) is 17.3. The van der Waals surface area contributed by atoms with Crippen LogP contribution in [0.4, 0.5) is 0 Å². The Morgan fingerprint density at radius 2 is 1.96 bits per heavy atom. The maximum Gasteiger partial charge on any atom is 0.251 e. The summed E-state index contributed by atoms with van der Waals surface area (Å²) in [5.41, 5.74) is 1.67. The predicted octanol–water partition coefficient (Wildman–Crippen LogP) is 3.89. The number of nitrogens with zero attached hydrogens (tertiary/aromatic N) is 1. The number of carbonyl (C=O) groups is 1. The number of hydrogen-bond donors (Lipinski definition) is 0. The van der Waals surface area contributed by atoms with Gasteiger partial charge in [0.25, 0.3) is 5.91 Å². The van der Waals surface area contributed by atoms with Crippen molar-refractivity contribution in [2.75, 3.05) is 14.1 Å². The van der Waals surface area contributed by atoms with E-state index in [1.165, 1.54) is 12.8 Å². The van der Waals surface area contributed by atoms with Crippen LogP contribution in [0.25, 0.3) is 0 Å². The third-order valence-electron chi connectivity index (χ3n) is 7.97. The first-order valence-electron chi connectivity index (χ1n) is 10.3. The third-order valence-corrected chi connectivity index (χ3v) is 7.97. The Hall–Kier alpha value is -1.39. The lowest BCUT2D eigenvalue weighted by Gasteiger charge is -2.39. The summed E-state index contributed by atoms with van der Waals surface area (Å²) in [6.07, 6.45) is 3.54. The van der Waals surface area contributed by atoms with E-state index < -0.39 is 6.10 Å². The van der Waals surface area contributed by atoms with Crippen LogP contribution in [0.3, 0.4) is 0 Å². The zero-order valence-electron chi connectivity index (χ0n) is 17.3. The fourth-order valence-electron chi connectivity index (χ4n) is 6.06. The molecule has 1 aromatic rings. The van der Waals surface area contributed by atoms with Crippen LogP contribution >= 0.6 is 0 Å². The average molecular weight is 372 g/mol.